The molecule has 5 heteroatoms. The van der Waals surface area contributed by atoms with Gasteiger partial charge in [-0.05, 0) is 56.4 Å². The van der Waals surface area contributed by atoms with Gasteiger partial charge in [0.25, 0.3) is 0 Å². The number of Topliss-reactive ketones (excluding diaryl/α,β-unsaturated/α-hetero) is 1. The van der Waals surface area contributed by atoms with Gasteiger partial charge in [-0.15, -0.1) is 0 Å². The SMILES string of the molecule is O=C(c1ccc(F)cc1)C1CCN(C(=O)C[C@H]2CCCCO2)CC1. The number of halogens is 1. The van der Waals surface area contributed by atoms with Crippen molar-refractivity contribution in [3.63, 3.8) is 0 Å². The molecule has 1 aromatic rings. The van der Waals surface area contributed by atoms with Gasteiger partial charge in [0, 0.05) is 31.2 Å². The summed E-state index contributed by atoms with van der Waals surface area (Å²) in [5.41, 5.74) is 0.553. The van der Waals surface area contributed by atoms with Crippen LogP contribution in [0.5, 0.6) is 0 Å². The van der Waals surface area contributed by atoms with Gasteiger partial charge in [0.1, 0.15) is 5.82 Å². The summed E-state index contributed by atoms with van der Waals surface area (Å²) in [6.07, 6.45) is 5.04. The Bertz CT molecular complexity index is 573. The van der Waals surface area contributed by atoms with Crippen LogP contribution in [-0.2, 0) is 9.53 Å². The summed E-state index contributed by atoms with van der Waals surface area (Å²) in [5, 5.41) is 0. The van der Waals surface area contributed by atoms with Crippen molar-refractivity contribution in [1.29, 1.82) is 0 Å². The molecule has 0 bridgehead atoms. The molecule has 0 N–H and O–H groups in total. The number of amides is 1. The maximum atomic E-state index is 13.0. The number of carbonyl (C=O) groups is 2. The zero-order valence-electron chi connectivity index (χ0n) is 13.9. The number of nitrogens with zero attached hydrogens (tertiary/aromatic N) is 1. The van der Waals surface area contributed by atoms with Crippen molar-refractivity contribution in [2.75, 3.05) is 19.7 Å². The van der Waals surface area contributed by atoms with Crippen molar-refractivity contribution in [1.82, 2.24) is 4.90 Å². The smallest absolute Gasteiger partial charge is 0.225 e. The minimum absolute atomic E-state index is 0.0534. The molecule has 0 saturated carbocycles. The number of benzene rings is 1. The van der Waals surface area contributed by atoms with E-state index in [1.54, 1.807) is 0 Å². The quantitative estimate of drug-likeness (QED) is 0.795. The Balaban J connectivity index is 1.48. The van der Waals surface area contributed by atoms with Crippen LogP contribution in [0.25, 0.3) is 0 Å². The molecule has 3 rings (SSSR count). The summed E-state index contributed by atoms with van der Waals surface area (Å²) in [6.45, 7) is 1.98. The first kappa shape index (κ1) is 17.1. The second-order valence-electron chi connectivity index (χ2n) is 6.72. The number of likely N-dealkylation sites (tertiary alicyclic amines) is 1. The van der Waals surface area contributed by atoms with Crippen molar-refractivity contribution >= 4 is 11.7 Å². The van der Waals surface area contributed by atoms with Gasteiger partial charge in [0.15, 0.2) is 5.78 Å². The van der Waals surface area contributed by atoms with Crippen LogP contribution < -0.4 is 0 Å². The van der Waals surface area contributed by atoms with Crippen LogP contribution in [0.3, 0.4) is 0 Å². The zero-order valence-corrected chi connectivity index (χ0v) is 13.9. The van der Waals surface area contributed by atoms with Gasteiger partial charge >= 0.3 is 0 Å². The average Bonchev–Trinajstić information content (AvgIpc) is 2.63. The fourth-order valence-corrected chi connectivity index (χ4v) is 3.53. The number of ketones is 1. The topological polar surface area (TPSA) is 46.6 Å². The second kappa shape index (κ2) is 7.88. The molecule has 1 atom stereocenters. The van der Waals surface area contributed by atoms with E-state index in [-0.39, 0.29) is 29.5 Å². The lowest BCUT2D eigenvalue weighted by atomic mass is 9.88. The van der Waals surface area contributed by atoms with Crippen molar-refractivity contribution < 1.29 is 18.7 Å². The molecule has 2 heterocycles. The third-order valence-electron chi connectivity index (χ3n) is 5.02. The molecular weight excluding hydrogens is 309 g/mol. The van der Waals surface area contributed by atoms with Crippen molar-refractivity contribution in [3.8, 4) is 0 Å². The first-order valence-electron chi connectivity index (χ1n) is 8.82. The maximum absolute atomic E-state index is 13.0. The van der Waals surface area contributed by atoms with Crippen molar-refractivity contribution in [2.45, 2.75) is 44.6 Å². The Morgan fingerprint density at radius 3 is 2.42 bits per heavy atom. The number of hydrogen-bond donors (Lipinski definition) is 0. The summed E-state index contributed by atoms with van der Waals surface area (Å²) in [5.74, 6) is -0.227. The normalized spacial score (nSPS) is 22.4. The van der Waals surface area contributed by atoms with E-state index >= 15 is 0 Å². The fraction of sp³-hybridized carbons (Fsp3) is 0.579. The van der Waals surface area contributed by atoms with Crippen LogP contribution in [0, 0.1) is 11.7 Å². The third-order valence-corrected chi connectivity index (χ3v) is 5.02. The third kappa shape index (κ3) is 4.20. The van der Waals surface area contributed by atoms with Crippen LogP contribution in [0.15, 0.2) is 24.3 Å². The Morgan fingerprint density at radius 2 is 1.79 bits per heavy atom. The minimum atomic E-state index is -0.336. The molecule has 24 heavy (non-hydrogen) atoms. The van der Waals surface area contributed by atoms with E-state index in [1.165, 1.54) is 24.3 Å². The molecular formula is C19H24FNO3. The molecule has 2 aliphatic rings. The average molecular weight is 333 g/mol. The highest BCUT2D eigenvalue weighted by atomic mass is 19.1. The van der Waals surface area contributed by atoms with E-state index in [0.717, 1.165) is 25.9 Å². The lowest BCUT2D eigenvalue weighted by Crippen LogP contribution is -2.42. The maximum Gasteiger partial charge on any atom is 0.225 e. The number of carbonyl (C=O) groups excluding carboxylic acids is 2. The van der Waals surface area contributed by atoms with Crippen LogP contribution >= 0.6 is 0 Å². The lowest BCUT2D eigenvalue weighted by Gasteiger charge is -2.33. The highest BCUT2D eigenvalue weighted by Gasteiger charge is 2.29. The van der Waals surface area contributed by atoms with Gasteiger partial charge < -0.3 is 9.64 Å². The molecule has 0 aromatic heterocycles. The highest BCUT2D eigenvalue weighted by molar-refractivity contribution is 5.98. The lowest BCUT2D eigenvalue weighted by molar-refractivity contribution is -0.136. The molecule has 2 fully saturated rings. The van der Waals surface area contributed by atoms with Gasteiger partial charge in [-0.3, -0.25) is 9.59 Å². The summed E-state index contributed by atoms with van der Waals surface area (Å²) in [6, 6.07) is 5.71. The van der Waals surface area contributed by atoms with Gasteiger partial charge in [0.2, 0.25) is 5.91 Å². The van der Waals surface area contributed by atoms with E-state index in [4.69, 9.17) is 4.74 Å². The number of rotatable bonds is 4. The van der Waals surface area contributed by atoms with E-state index < -0.39 is 0 Å². The molecule has 0 aliphatic carbocycles. The Kier molecular flexibility index (Phi) is 5.61. The van der Waals surface area contributed by atoms with Crippen LogP contribution in [0.2, 0.25) is 0 Å². The molecule has 1 amide bonds. The van der Waals surface area contributed by atoms with E-state index in [2.05, 4.69) is 0 Å². The summed E-state index contributed by atoms with van der Waals surface area (Å²) < 4.78 is 18.6. The zero-order chi connectivity index (χ0) is 16.9. The van der Waals surface area contributed by atoms with E-state index in [1.807, 2.05) is 4.90 Å². The molecule has 0 radical (unpaired) electrons. The fourth-order valence-electron chi connectivity index (χ4n) is 3.53. The van der Waals surface area contributed by atoms with Gasteiger partial charge in [-0.1, -0.05) is 0 Å². The van der Waals surface area contributed by atoms with Gasteiger partial charge in [0.05, 0.1) is 12.5 Å². The molecule has 2 aliphatic heterocycles. The first-order chi connectivity index (χ1) is 11.6. The molecule has 2 saturated heterocycles. The Labute approximate surface area is 142 Å². The molecule has 0 spiro atoms. The summed E-state index contributed by atoms with van der Waals surface area (Å²) >= 11 is 0. The van der Waals surface area contributed by atoms with Crippen molar-refractivity contribution in [3.05, 3.63) is 35.6 Å². The van der Waals surface area contributed by atoms with Gasteiger partial charge in [-0.25, -0.2) is 4.39 Å². The molecule has 0 unspecified atom stereocenters. The van der Waals surface area contributed by atoms with Gasteiger partial charge in [-0.2, -0.15) is 0 Å². The largest absolute Gasteiger partial charge is 0.378 e. The molecule has 4 nitrogen and oxygen atoms in total. The Morgan fingerprint density at radius 1 is 1.08 bits per heavy atom. The number of piperidine rings is 1. The van der Waals surface area contributed by atoms with Crippen LogP contribution in [0.1, 0.15) is 48.9 Å². The van der Waals surface area contributed by atoms with Crippen molar-refractivity contribution in [2.24, 2.45) is 5.92 Å². The highest BCUT2D eigenvalue weighted by Crippen LogP contribution is 2.24. The summed E-state index contributed by atoms with van der Waals surface area (Å²) in [4.78, 5) is 26.7. The van der Waals surface area contributed by atoms with Crippen LogP contribution in [-0.4, -0.2) is 42.4 Å². The van der Waals surface area contributed by atoms with Crippen LogP contribution in [0.4, 0.5) is 4.39 Å². The summed E-state index contributed by atoms with van der Waals surface area (Å²) in [7, 11) is 0. The standard InChI is InChI=1S/C19H24FNO3/c20-16-6-4-14(5-7-16)19(23)15-8-10-21(11-9-15)18(22)13-17-3-1-2-12-24-17/h4-7,15,17H,1-3,8-13H2/t17-/m1/s1. The minimum Gasteiger partial charge on any atom is -0.378 e. The monoisotopic (exact) mass is 333 g/mol. The van der Waals surface area contributed by atoms with E-state index in [0.29, 0.717) is 37.9 Å². The van der Waals surface area contributed by atoms with E-state index in [9.17, 15) is 14.0 Å². The molecule has 130 valence electrons. The first-order valence-corrected chi connectivity index (χ1v) is 8.82. The number of ether oxygens (including phenoxy) is 1. The Hall–Kier alpha value is -1.75. The predicted octanol–water partition coefficient (Wildman–Crippen LogP) is 3.21. The second-order valence-corrected chi connectivity index (χ2v) is 6.72. The number of hydrogen-bond acceptors (Lipinski definition) is 3. The molecule has 1 aromatic carbocycles. The predicted molar refractivity (Wildman–Crippen MR) is 88.2 cm³/mol.